The number of aromatic nitrogens is 4. The van der Waals surface area contributed by atoms with Gasteiger partial charge in [-0.3, -0.25) is 0 Å². The summed E-state index contributed by atoms with van der Waals surface area (Å²) in [6.45, 7) is 16.9. The highest BCUT2D eigenvalue weighted by molar-refractivity contribution is 9.10. The third-order valence-corrected chi connectivity index (χ3v) is 13.6. The quantitative estimate of drug-likeness (QED) is 0.123. The second-order valence-corrected chi connectivity index (χ2v) is 20.3. The van der Waals surface area contributed by atoms with Crippen LogP contribution in [0.5, 0.6) is 0 Å². The van der Waals surface area contributed by atoms with E-state index in [-0.39, 0.29) is 42.9 Å². The highest BCUT2D eigenvalue weighted by Gasteiger charge is 2.51. The highest BCUT2D eigenvalue weighted by Crippen LogP contribution is 2.36. The third kappa shape index (κ3) is 24.1. The molecule has 0 bridgehead atoms. The summed E-state index contributed by atoms with van der Waals surface area (Å²) in [5.74, 6) is 0. The molecule has 0 N–H and O–H groups in total. The van der Waals surface area contributed by atoms with Crippen molar-refractivity contribution < 1.29 is 47.7 Å². The maximum absolute atomic E-state index is 8.12. The Kier molecular flexibility index (Phi) is 30.2. The molecule has 0 atom stereocenters. The van der Waals surface area contributed by atoms with Gasteiger partial charge in [-0.15, -0.1) is 0 Å². The normalized spacial score (nSPS) is 11.6. The minimum Gasteiger partial charge on any atom is -0.399 e. The Morgan fingerprint density at radius 2 is 0.723 bits per heavy atom. The molecule has 10 rings (SSSR count). The molecule has 16 heteroatoms. The van der Waals surface area contributed by atoms with Crippen molar-refractivity contribution in [1.82, 2.24) is 19.9 Å². The van der Waals surface area contributed by atoms with Gasteiger partial charge in [0.15, 0.2) is 0 Å². The largest absolute Gasteiger partial charge is 0.494 e. The first-order valence-corrected chi connectivity index (χ1v) is 26.6. The zero-order valence-electron chi connectivity index (χ0n) is 47.6. The van der Waals surface area contributed by atoms with Crippen molar-refractivity contribution in [2.75, 3.05) is 0 Å². The molecule has 0 spiro atoms. The van der Waals surface area contributed by atoms with E-state index in [1.807, 2.05) is 30.9 Å². The predicted molar refractivity (Wildman–Crippen MR) is 318 cm³/mol. The molecule has 0 aliphatic carbocycles. The highest BCUT2D eigenvalue weighted by atomic mass is 79.9. The van der Waals surface area contributed by atoms with Crippen molar-refractivity contribution in [3.8, 4) is 22.3 Å². The van der Waals surface area contributed by atoms with Crippen LogP contribution in [0.15, 0.2) is 212 Å². The Hall–Kier alpha value is -9.32. The van der Waals surface area contributed by atoms with Gasteiger partial charge in [-0.05, 0) is 153 Å². The van der Waals surface area contributed by atoms with E-state index >= 15 is 0 Å². The van der Waals surface area contributed by atoms with Crippen molar-refractivity contribution in [3.63, 3.8) is 0 Å². The summed E-state index contributed by atoms with van der Waals surface area (Å²) in [4.78, 5) is 81.1. The van der Waals surface area contributed by atoms with Crippen molar-refractivity contribution in [2.24, 2.45) is 0 Å². The molecule has 3 heterocycles. The molecule has 0 saturated carbocycles. The van der Waals surface area contributed by atoms with Gasteiger partial charge < -0.3 is 9.31 Å². The fraction of sp³-hybridized carbons (Fsp3) is 0.194. The number of nitrogens with zero attached hydrogens (tertiary/aromatic N) is 4. The second kappa shape index (κ2) is 36.8. The smallest absolute Gasteiger partial charge is 0.399 e. The Labute approximate surface area is 493 Å². The van der Waals surface area contributed by atoms with E-state index in [2.05, 4.69) is 255 Å². The molecule has 422 valence electrons. The summed E-state index contributed by atoms with van der Waals surface area (Å²) >= 11 is 3.51. The average Bonchev–Trinajstić information content (AvgIpc) is 3.88. The number of rotatable bonds is 9. The molecule has 1 aliphatic rings. The molecule has 2 aromatic heterocycles. The molecule has 7 aromatic carbocycles. The summed E-state index contributed by atoms with van der Waals surface area (Å²) in [6.07, 6.45) is 14.3. The molecule has 83 heavy (non-hydrogen) atoms. The van der Waals surface area contributed by atoms with Gasteiger partial charge in [0.1, 0.15) is 12.7 Å². The van der Waals surface area contributed by atoms with Crippen LogP contribution in [0.1, 0.15) is 83.3 Å². The van der Waals surface area contributed by atoms with Gasteiger partial charge in [0.2, 0.25) is 0 Å². The zero-order valence-corrected chi connectivity index (χ0v) is 49.2. The zero-order chi connectivity index (χ0) is 61.0. The topological polar surface area (TPSA) is 207 Å². The van der Waals surface area contributed by atoms with Gasteiger partial charge in [-0.25, -0.2) is 19.9 Å². The van der Waals surface area contributed by atoms with E-state index < -0.39 is 0 Å². The van der Waals surface area contributed by atoms with Gasteiger partial charge in [0.25, 0.3) is 0 Å². The second-order valence-electron chi connectivity index (χ2n) is 19.4. The average molecular weight is 1180 g/mol. The van der Waals surface area contributed by atoms with Crippen molar-refractivity contribution in [2.45, 2.75) is 85.9 Å². The number of carbonyl (C=O) groups excluding carboxylic acids is 8. The monoisotopic (exact) mass is 1170 g/mol. The third-order valence-electron chi connectivity index (χ3n) is 13.1. The fourth-order valence-electron chi connectivity index (χ4n) is 7.97. The molecular formula is C67H64BBrN4O10. The number of aryl methyl sites for hydroxylation is 4. The molecule has 1 aliphatic heterocycles. The first-order valence-electron chi connectivity index (χ1n) is 25.8. The van der Waals surface area contributed by atoms with Crippen LogP contribution in [-0.4, -0.2) is 62.9 Å². The molecule has 0 amide bonds. The number of hydrogen-bond donors (Lipinski definition) is 0. The van der Waals surface area contributed by atoms with E-state index in [4.69, 9.17) is 47.7 Å². The predicted octanol–water partition coefficient (Wildman–Crippen LogP) is 12.4. The Bertz CT molecular complexity index is 3420. The minimum absolute atomic E-state index is 0.250. The lowest BCUT2D eigenvalue weighted by Gasteiger charge is -2.32. The van der Waals surface area contributed by atoms with Crippen LogP contribution in [0, 0.1) is 27.7 Å². The molecule has 14 nitrogen and oxygen atoms in total. The molecule has 0 unspecified atom stereocenters. The van der Waals surface area contributed by atoms with Crippen LogP contribution in [0.25, 0.3) is 22.3 Å². The molecule has 0 radical (unpaired) electrons. The van der Waals surface area contributed by atoms with Crippen molar-refractivity contribution in [3.05, 3.63) is 267 Å². The van der Waals surface area contributed by atoms with E-state index in [9.17, 15) is 0 Å². The lowest BCUT2D eigenvalue weighted by atomic mass is 9.77. The first-order chi connectivity index (χ1) is 39.9. The lowest BCUT2D eigenvalue weighted by molar-refractivity contribution is -0.193. The van der Waals surface area contributed by atoms with Gasteiger partial charge in [-0.2, -0.15) is 38.4 Å². The van der Waals surface area contributed by atoms with Gasteiger partial charge >= 0.3 is 31.7 Å². The molecule has 1 fully saturated rings. The minimum atomic E-state index is -0.303. The van der Waals surface area contributed by atoms with Gasteiger partial charge in [0.05, 0.1) is 11.2 Å². The van der Waals surface area contributed by atoms with E-state index in [0.29, 0.717) is 0 Å². The fourth-order valence-corrected chi connectivity index (χ4v) is 8.38. The number of hydrogen-bond acceptors (Lipinski definition) is 14. The van der Waals surface area contributed by atoms with Crippen LogP contribution in [0.2, 0.25) is 0 Å². The van der Waals surface area contributed by atoms with Crippen molar-refractivity contribution >= 4 is 53.1 Å². The summed E-state index contributed by atoms with van der Waals surface area (Å²) in [5, 5.41) is 0. The van der Waals surface area contributed by atoms with E-state index in [1.54, 1.807) is 6.33 Å². The first kappa shape index (κ1) is 68.0. The summed E-state index contributed by atoms with van der Waals surface area (Å²) in [6, 6.07) is 59.5. The van der Waals surface area contributed by atoms with E-state index in [0.717, 1.165) is 45.9 Å². The number of benzene rings is 7. The molecule has 1 saturated heterocycles. The maximum Gasteiger partial charge on any atom is 0.494 e. The van der Waals surface area contributed by atoms with Gasteiger partial charge in [0, 0.05) is 40.4 Å². The van der Waals surface area contributed by atoms with Crippen LogP contribution in [0.4, 0.5) is 0 Å². The maximum atomic E-state index is 8.12. The Morgan fingerprint density at radius 1 is 0.398 bits per heavy atom. The molecule has 9 aromatic rings. The summed E-state index contributed by atoms with van der Waals surface area (Å²) in [7, 11) is -0.296. The lowest BCUT2D eigenvalue weighted by Crippen LogP contribution is -2.41. The van der Waals surface area contributed by atoms with Crippen molar-refractivity contribution in [1.29, 1.82) is 0 Å². The standard InChI is InChI=1S/C20H25BO2.C18H16N2.C14H13Br.C11H10N2.4CO2/c1-15-11-12-18(21-22-19(2,3)20(4,5)23-21)14-17(15)13-16-9-7-6-8-10-16;1-14-7-8-16(18-11-19-13-20-12-18)10-17(14)9-15-5-3-2-4-6-15;1-11-7-8-14(15)10-13(11)9-12-5-3-2-4-6-12;1-9-2-4-10(5-3-9)11-6-12-8-13-7-11;4*2-1-3/h6-12,14H,13H2,1-5H3;2-8,10-13H,9H2,1H3;2-8,10H,9H2,1H3;2-8H,1H3;;;;. The van der Waals surface area contributed by atoms with Crippen LogP contribution >= 0.6 is 15.9 Å². The Morgan fingerprint density at radius 3 is 1.12 bits per heavy atom. The van der Waals surface area contributed by atoms with Crippen LogP contribution in [-0.2, 0) is 66.9 Å². The summed E-state index contributed by atoms with van der Waals surface area (Å²) in [5.41, 5.74) is 18.2. The Balaban J connectivity index is 0.000000276. The number of halogens is 1. The van der Waals surface area contributed by atoms with Gasteiger partial charge in [-0.1, -0.05) is 179 Å². The SMILES string of the molecule is Cc1ccc(-c2cncnc2)cc1.Cc1ccc(-c2cncnc2)cc1Cc1ccccc1.Cc1ccc(B2OC(C)(C)C(C)(C)O2)cc1Cc1ccccc1.Cc1ccc(Br)cc1Cc1ccccc1.O=C=O.O=C=O.O=C=O.O=C=O. The molecular weight excluding hydrogens is 1110 g/mol. The van der Waals surface area contributed by atoms with Crippen LogP contribution in [0.3, 0.4) is 0 Å². The van der Waals surface area contributed by atoms with E-state index in [1.165, 1.54) is 67.5 Å². The van der Waals surface area contributed by atoms with Crippen LogP contribution < -0.4 is 5.46 Å². The summed E-state index contributed by atoms with van der Waals surface area (Å²) < 4.78 is 13.5.